The largest absolute Gasteiger partial charge is 0.497 e. The number of nitrogens with one attached hydrogen (secondary N) is 1. The molecule has 0 aromatic heterocycles. The number of methoxy groups -OCH3 is 1. The second kappa shape index (κ2) is 8.62. The number of hydrogen-bond donors (Lipinski definition) is 1. The maximum absolute atomic E-state index is 12.4. The van der Waals surface area contributed by atoms with Crippen LogP contribution in [-0.4, -0.2) is 48.8 Å². The summed E-state index contributed by atoms with van der Waals surface area (Å²) in [6.07, 6.45) is 0. The van der Waals surface area contributed by atoms with Gasteiger partial charge in [0.2, 0.25) is 26.0 Å². The topological polar surface area (TPSA) is 119 Å². The monoisotopic (exact) mass is 454 g/mol. The molecule has 9 nitrogen and oxygen atoms in total. The SMILES string of the molecule is COc1ccc(OCCNS(=O)(=O)c2ccc(N3C(=O)[C@@H](C)CS3(=O)=O)cc2)cc1. The van der Waals surface area contributed by atoms with Crippen LogP contribution in [0, 0.1) is 5.92 Å². The van der Waals surface area contributed by atoms with Crippen molar-refractivity contribution in [3.8, 4) is 11.5 Å². The molecule has 1 N–H and O–H groups in total. The first-order chi connectivity index (χ1) is 14.1. The highest BCUT2D eigenvalue weighted by Crippen LogP contribution is 2.28. The van der Waals surface area contributed by atoms with Crippen LogP contribution < -0.4 is 18.5 Å². The second-order valence-corrected chi connectivity index (χ2v) is 10.3. The number of benzene rings is 2. The van der Waals surface area contributed by atoms with Crippen LogP contribution in [0.4, 0.5) is 5.69 Å². The third-order valence-corrected chi connectivity index (χ3v) is 7.81. The fourth-order valence-corrected chi connectivity index (χ4v) is 5.78. The fraction of sp³-hybridized carbons (Fsp3) is 0.316. The molecule has 0 saturated carbocycles. The van der Waals surface area contributed by atoms with Gasteiger partial charge in [-0.3, -0.25) is 4.79 Å². The minimum atomic E-state index is -3.82. The zero-order valence-corrected chi connectivity index (χ0v) is 18.1. The highest BCUT2D eigenvalue weighted by molar-refractivity contribution is 7.94. The predicted octanol–water partition coefficient (Wildman–Crippen LogP) is 1.36. The van der Waals surface area contributed by atoms with Gasteiger partial charge in [0.15, 0.2) is 0 Å². The van der Waals surface area contributed by atoms with Gasteiger partial charge in [-0.1, -0.05) is 6.92 Å². The molecule has 2 aromatic carbocycles. The second-order valence-electron chi connectivity index (χ2n) is 6.70. The summed E-state index contributed by atoms with van der Waals surface area (Å²) >= 11 is 0. The number of rotatable bonds is 8. The van der Waals surface area contributed by atoms with Crippen LogP contribution in [-0.2, 0) is 24.8 Å². The molecule has 1 amide bonds. The van der Waals surface area contributed by atoms with Crippen molar-refractivity contribution in [3.63, 3.8) is 0 Å². The molecule has 1 saturated heterocycles. The molecule has 0 aliphatic carbocycles. The Bertz CT molecular complexity index is 1110. The first kappa shape index (κ1) is 22.1. The predicted molar refractivity (Wildman–Crippen MR) is 111 cm³/mol. The summed E-state index contributed by atoms with van der Waals surface area (Å²) in [6.45, 7) is 1.69. The average molecular weight is 455 g/mol. The van der Waals surface area contributed by atoms with Crippen LogP contribution in [0.1, 0.15) is 6.92 Å². The molecule has 1 aliphatic heterocycles. The number of ether oxygens (including phenoxy) is 2. The van der Waals surface area contributed by atoms with E-state index in [0.29, 0.717) is 11.5 Å². The lowest BCUT2D eigenvalue weighted by Gasteiger charge is -2.15. The molecule has 0 unspecified atom stereocenters. The van der Waals surface area contributed by atoms with Gasteiger partial charge in [-0.05, 0) is 48.5 Å². The van der Waals surface area contributed by atoms with Crippen LogP contribution in [0.5, 0.6) is 11.5 Å². The molecule has 1 heterocycles. The van der Waals surface area contributed by atoms with E-state index in [1.54, 1.807) is 31.4 Å². The zero-order valence-electron chi connectivity index (χ0n) is 16.4. The van der Waals surface area contributed by atoms with Crippen molar-refractivity contribution < 1.29 is 31.1 Å². The Labute approximate surface area is 175 Å². The van der Waals surface area contributed by atoms with E-state index in [9.17, 15) is 21.6 Å². The lowest BCUT2D eigenvalue weighted by Crippen LogP contribution is -2.30. The molecule has 2 aromatic rings. The molecule has 162 valence electrons. The van der Waals surface area contributed by atoms with Gasteiger partial charge in [0.05, 0.1) is 29.4 Å². The summed E-state index contributed by atoms with van der Waals surface area (Å²) in [5.74, 6) is -0.165. The molecule has 0 radical (unpaired) electrons. The van der Waals surface area contributed by atoms with Gasteiger partial charge < -0.3 is 9.47 Å². The van der Waals surface area contributed by atoms with Crippen molar-refractivity contribution in [2.75, 3.05) is 30.3 Å². The quantitative estimate of drug-likeness (QED) is 0.598. The minimum absolute atomic E-state index is 0.0343. The van der Waals surface area contributed by atoms with E-state index >= 15 is 0 Å². The summed E-state index contributed by atoms with van der Waals surface area (Å²) in [4.78, 5) is 12.1. The van der Waals surface area contributed by atoms with E-state index in [0.717, 1.165) is 4.31 Å². The third-order valence-electron chi connectivity index (χ3n) is 4.46. The molecule has 30 heavy (non-hydrogen) atoms. The normalized spacial score (nSPS) is 18.4. The van der Waals surface area contributed by atoms with Gasteiger partial charge >= 0.3 is 0 Å². The lowest BCUT2D eigenvalue weighted by molar-refractivity contribution is -0.119. The third kappa shape index (κ3) is 4.74. The summed E-state index contributed by atoms with van der Waals surface area (Å²) in [7, 11) is -6.01. The molecule has 3 rings (SSSR count). The molecule has 1 aliphatic rings. The molecular formula is C19H22N2O7S2. The van der Waals surface area contributed by atoms with Crippen LogP contribution in [0.15, 0.2) is 53.4 Å². The number of carbonyl (C=O) groups excluding carboxylic acids is 1. The molecular weight excluding hydrogens is 432 g/mol. The van der Waals surface area contributed by atoms with Crippen molar-refractivity contribution in [2.24, 2.45) is 5.92 Å². The van der Waals surface area contributed by atoms with E-state index in [-0.39, 0.29) is 29.5 Å². The number of hydrogen-bond acceptors (Lipinski definition) is 7. The molecule has 0 bridgehead atoms. The number of amides is 1. The Morgan fingerprint density at radius 3 is 2.20 bits per heavy atom. The van der Waals surface area contributed by atoms with E-state index in [4.69, 9.17) is 9.47 Å². The van der Waals surface area contributed by atoms with E-state index in [1.165, 1.54) is 31.2 Å². The average Bonchev–Trinajstić information content (AvgIpc) is 2.92. The highest BCUT2D eigenvalue weighted by atomic mass is 32.2. The highest BCUT2D eigenvalue weighted by Gasteiger charge is 2.41. The number of carbonyl (C=O) groups is 1. The summed E-state index contributed by atoms with van der Waals surface area (Å²) < 4.78 is 62.8. The minimum Gasteiger partial charge on any atom is -0.497 e. The van der Waals surface area contributed by atoms with Gasteiger partial charge in [0, 0.05) is 6.54 Å². The van der Waals surface area contributed by atoms with Crippen molar-refractivity contribution in [3.05, 3.63) is 48.5 Å². The number of anilines is 1. The first-order valence-corrected chi connectivity index (χ1v) is 12.2. The molecule has 1 atom stereocenters. The Morgan fingerprint density at radius 2 is 1.67 bits per heavy atom. The van der Waals surface area contributed by atoms with Crippen LogP contribution in [0.25, 0.3) is 0 Å². The standard InChI is InChI=1S/C19H22N2O7S2/c1-14-13-29(23,24)21(19(14)22)15-3-9-18(10-4-15)30(25,26)20-11-12-28-17-7-5-16(27-2)6-8-17/h3-10,14,20H,11-13H2,1-2H3/t14-/m0/s1. The Morgan fingerprint density at radius 1 is 1.07 bits per heavy atom. The van der Waals surface area contributed by atoms with Crippen molar-refractivity contribution >= 4 is 31.6 Å². The van der Waals surface area contributed by atoms with Crippen LogP contribution >= 0.6 is 0 Å². The van der Waals surface area contributed by atoms with E-state index in [1.807, 2.05) is 0 Å². The summed E-state index contributed by atoms with van der Waals surface area (Å²) in [5, 5.41) is 0. The van der Waals surface area contributed by atoms with Crippen molar-refractivity contribution in [1.29, 1.82) is 0 Å². The van der Waals surface area contributed by atoms with Gasteiger partial charge in [0.1, 0.15) is 18.1 Å². The fourth-order valence-electron chi connectivity index (χ4n) is 2.95. The smallest absolute Gasteiger partial charge is 0.244 e. The Balaban J connectivity index is 1.60. The maximum atomic E-state index is 12.4. The van der Waals surface area contributed by atoms with Crippen LogP contribution in [0.3, 0.4) is 0 Å². The van der Waals surface area contributed by atoms with Gasteiger partial charge in [-0.15, -0.1) is 0 Å². The van der Waals surface area contributed by atoms with Gasteiger partial charge in [-0.2, -0.15) is 0 Å². The van der Waals surface area contributed by atoms with Gasteiger partial charge in [0.25, 0.3) is 0 Å². The first-order valence-electron chi connectivity index (χ1n) is 9.07. The van der Waals surface area contributed by atoms with Crippen molar-refractivity contribution in [2.45, 2.75) is 11.8 Å². The van der Waals surface area contributed by atoms with Crippen LogP contribution in [0.2, 0.25) is 0 Å². The summed E-state index contributed by atoms with van der Waals surface area (Å²) in [6, 6.07) is 12.0. The molecule has 11 heteroatoms. The maximum Gasteiger partial charge on any atom is 0.244 e. The van der Waals surface area contributed by atoms with Crippen molar-refractivity contribution in [1.82, 2.24) is 4.72 Å². The van der Waals surface area contributed by atoms with E-state index < -0.39 is 31.9 Å². The van der Waals surface area contributed by atoms with E-state index in [2.05, 4.69) is 4.72 Å². The number of sulfonamides is 2. The summed E-state index contributed by atoms with van der Waals surface area (Å²) in [5.41, 5.74) is 0.117. The lowest BCUT2D eigenvalue weighted by atomic mass is 10.2. The number of nitrogens with zero attached hydrogens (tertiary/aromatic N) is 1. The zero-order chi connectivity index (χ0) is 21.9. The Hall–Kier alpha value is -2.63. The Kier molecular flexibility index (Phi) is 6.34. The molecule has 1 fully saturated rings. The molecule has 0 spiro atoms. The van der Waals surface area contributed by atoms with Gasteiger partial charge in [-0.25, -0.2) is 25.9 Å².